The third kappa shape index (κ3) is 3.51. The second-order valence-corrected chi connectivity index (χ2v) is 8.18. The summed E-state index contributed by atoms with van der Waals surface area (Å²) in [6, 6.07) is 11.3. The molecule has 0 aliphatic heterocycles. The first-order valence-electron chi connectivity index (χ1n) is 8.45. The van der Waals surface area contributed by atoms with E-state index in [0.717, 1.165) is 27.8 Å². The highest BCUT2D eigenvalue weighted by Gasteiger charge is 2.23. The molecule has 3 rings (SSSR count). The van der Waals surface area contributed by atoms with Crippen LogP contribution < -0.4 is 4.72 Å². The molecule has 1 N–H and O–H groups in total. The molecule has 136 valence electrons. The summed E-state index contributed by atoms with van der Waals surface area (Å²) in [5.74, 6) is 0. The van der Waals surface area contributed by atoms with E-state index < -0.39 is 10.0 Å². The van der Waals surface area contributed by atoms with Gasteiger partial charge in [-0.25, -0.2) is 8.42 Å². The van der Waals surface area contributed by atoms with Crippen LogP contribution in [0.15, 0.2) is 53.7 Å². The van der Waals surface area contributed by atoms with Crippen molar-refractivity contribution in [2.75, 3.05) is 4.72 Å². The van der Waals surface area contributed by atoms with Crippen LogP contribution in [0.3, 0.4) is 0 Å². The van der Waals surface area contributed by atoms with Gasteiger partial charge in [-0.3, -0.25) is 9.40 Å². The Kier molecular flexibility index (Phi) is 4.87. The number of aryl methyl sites for hydroxylation is 2. The number of nitrogens with zero attached hydrogens (tertiary/aromatic N) is 2. The van der Waals surface area contributed by atoms with Crippen LogP contribution >= 0.6 is 0 Å². The molecule has 0 unspecified atom stereocenters. The highest BCUT2D eigenvalue weighted by molar-refractivity contribution is 7.92. The number of benzene rings is 2. The minimum Gasteiger partial charge on any atom is -0.279 e. The Hall–Kier alpha value is -2.60. The third-order valence-corrected chi connectivity index (χ3v) is 6.36. The van der Waals surface area contributed by atoms with E-state index in [0.29, 0.717) is 17.1 Å². The van der Waals surface area contributed by atoms with E-state index in [1.54, 1.807) is 16.9 Å². The molecule has 0 saturated carbocycles. The maximum atomic E-state index is 13.2. The molecule has 0 fully saturated rings. The van der Waals surface area contributed by atoms with Crippen molar-refractivity contribution in [3.8, 4) is 0 Å². The van der Waals surface area contributed by atoms with Crippen molar-refractivity contribution >= 4 is 15.7 Å². The van der Waals surface area contributed by atoms with Crippen LogP contribution in [0.25, 0.3) is 0 Å². The zero-order valence-corrected chi connectivity index (χ0v) is 16.3. The third-order valence-electron chi connectivity index (χ3n) is 4.72. The average molecular weight is 369 g/mol. The Morgan fingerprint density at radius 3 is 2.27 bits per heavy atom. The van der Waals surface area contributed by atoms with Gasteiger partial charge in [-0.1, -0.05) is 24.3 Å². The summed E-state index contributed by atoms with van der Waals surface area (Å²) in [5, 5.41) is 4.20. The van der Waals surface area contributed by atoms with Crippen molar-refractivity contribution < 1.29 is 8.42 Å². The molecule has 0 spiro atoms. The lowest BCUT2D eigenvalue weighted by Gasteiger charge is -2.18. The largest absolute Gasteiger partial charge is 0.279 e. The van der Waals surface area contributed by atoms with E-state index in [1.807, 2.05) is 64.2 Å². The summed E-state index contributed by atoms with van der Waals surface area (Å²) >= 11 is 0. The monoisotopic (exact) mass is 369 g/mol. The Bertz CT molecular complexity index is 1010. The van der Waals surface area contributed by atoms with Gasteiger partial charge in [-0.15, -0.1) is 0 Å². The molecule has 3 aromatic rings. The van der Waals surface area contributed by atoms with Crippen molar-refractivity contribution in [1.82, 2.24) is 9.78 Å². The van der Waals surface area contributed by atoms with E-state index in [-0.39, 0.29) is 0 Å². The fraction of sp³-hybridized carbons (Fsp3) is 0.250. The minimum atomic E-state index is -3.70. The average Bonchev–Trinajstić information content (AvgIpc) is 3.08. The maximum absolute atomic E-state index is 13.2. The van der Waals surface area contributed by atoms with Gasteiger partial charge >= 0.3 is 0 Å². The van der Waals surface area contributed by atoms with Crippen LogP contribution in [-0.2, 0) is 16.6 Å². The van der Waals surface area contributed by atoms with Gasteiger partial charge < -0.3 is 0 Å². The predicted octanol–water partition coefficient (Wildman–Crippen LogP) is 3.97. The van der Waals surface area contributed by atoms with Crippen molar-refractivity contribution in [1.29, 1.82) is 0 Å². The molecule has 26 heavy (non-hydrogen) atoms. The van der Waals surface area contributed by atoms with Crippen LogP contribution in [0.1, 0.15) is 27.8 Å². The van der Waals surface area contributed by atoms with Gasteiger partial charge in [-0.2, -0.15) is 5.10 Å². The standard InChI is InChI=1S/C20H23N3O2S/c1-14-12-15(2)17(4)20(16(14)3)26(24,25)22-19-9-6-5-8-18(19)13-23-11-7-10-21-23/h5-12,22H,13H2,1-4H3. The molecule has 5 nitrogen and oxygen atoms in total. The topological polar surface area (TPSA) is 64.0 Å². The van der Waals surface area contributed by atoms with Crippen molar-refractivity contribution in [2.45, 2.75) is 39.1 Å². The molecule has 0 bridgehead atoms. The normalized spacial score (nSPS) is 11.5. The van der Waals surface area contributed by atoms with E-state index in [9.17, 15) is 8.42 Å². The first-order chi connectivity index (χ1) is 12.3. The second-order valence-electron chi connectivity index (χ2n) is 6.56. The molecule has 2 aromatic carbocycles. The number of hydrogen-bond acceptors (Lipinski definition) is 3. The summed E-state index contributed by atoms with van der Waals surface area (Å²) in [6.45, 7) is 8.08. The van der Waals surface area contributed by atoms with Gasteiger partial charge in [0.1, 0.15) is 0 Å². The molecular formula is C20H23N3O2S. The summed E-state index contributed by atoms with van der Waals surface area (Å²) in [5.41, 5.74) is 4.94. The Labute approximate surface area is 154 Å². The van der Waals surface area contributed by atoms with Gasteiger partial charge in [0.25, 0.3) is 10.0 Å². The van der Waals surface area contributed by atoms with Gasteiger partial charge in [0, 0.05) is 12.4 Å². The molecule has 0 amide bonds. The molecule has 1 aromatic heterocycles. The van der Waals surface area contributed by atoms with Crippen LogP contribution in [0, 0.1) is 27.7 Å². The Morgan fingerprint density at radius 2 is 1.65 bits per heavy atom. The number of hydrogen-bond donors (Lipinski definition) is 1. The number of anilines is 1. The van der Waals surface area contributed by atoms with Gasteiger partial charge in [-0.05, 0) is 67.6 Å². The fourth-order valence-corrected chi connectivity index (χ4v) is 4.82. The van der Waals surface area contributed by atoms with Gasteiger partial charge in [0.15, 0.2) is 0 Å². The van der Waals surface area contributed by atoms with Crippen molar-refractivity contribution in [3.63, 3.8) is 0 Å². The molecular weight excluding hydrogens is 346 g/mol. The summed E-state index contributed by atoms with van der Waals surface area (Å²) in [6.07, 6.45) is 3.55. The summed E-state index contributed by atoms with van der Waals surface area (Å²) in [4.78, 5) is 0.365. The first-order valence-corrected chi connectivity index (χ1v) is 9.93. The van der Waals surface area contributed by atoms with E-state index in [2.05, 4.69) is 9.82 Å². The lowest BCUT2D eigenvalue weighted by atomic mass is 10.0. The Balaban J connectivity index is 2.02. The minimum absolute atomic E-state index is 0.365. The maximum Gasteiger partial charge on any atom is 0.262 e. The van der Waals surface area contributed by atoms with Crippen LogP contribution in [0.2, 0.25) is 0 Å². The highest BCUT2D eigenvalue weighted by atomic mass is 32.2. The first kappa shape index (κ1) is 18.2. The van der Waals surface area contributed by atoms with Crippen LogP contribution in [0.4, 0.5) is 5.69 Å². The van der Waals surface area contributed by atoms with E-state index in [4.69, 9.17) is 0 Å². The predicted molar refractivity (Wildman–Crippen MR) is 104 cm³/mol. The summed E-state index contributed by atoms with van der Waals surface area (Å²) < 4.78 is 30.9. The van der Waals surface area contributed by atoms with Crippen LogP contribution in [-0.4, -0.2) is 18.2 Å². The second kappa shape index (κ2) is 6.96. The molecule has 6 heteroatoms. The van der Waals surface area contributed by atoms with E-state index in [1.165, 1.54) is 0 Å². The number of nitrogens with one attached hydrogen (secondary N) is 1. The Morgan fingerprint density at radius 1 is 1.00 bits per heavy atom. The quantitative estimate of drug-likeness (QED) is 0.740. The van der Waals surface area contributed by atoms with Gasteiger partial charge in [0.05, 0.1) is 17.1 Å². The molecule has 0 radical (unpaired) electrons. The summed E-state index contributed by atoms with van der Waals surface area (Å²) in [7, 11) is -3.70. The molecule has 0 saturated heterocycles. The lowest BCUT2D eigenvalue weighted by molar-refractivity contribution is 0.599. The molecule has 0 atom stereocenters. The zero-order chi connectivity index (χ0) is 18.9. The smallest absolute Gasteiger partial charge is 0.262 e. The van der Waals surface area contributed by atoms with Crippen molar-refractivity contribution in [3.05, 3.63) is 76.6 Å². The fourth-order valence-electron chi connectivity index (χ4n) is 3.11. The molecule has 0 aliphatic rings. The zero-order valence-electron chi connectivity index (χ0n) is 15.4. The SMILES string of the molecule is Cc1cc(C)c(C)c(S(=O)(=O)Nc2ccccc2Cn2cccn2)c1C. The van der Waals surface area contributed by atoms with Crippen molar-refractivity contribution in [2.24, 2.45) is 0 Å². The lowest BCUT2D eigenvalue weighted by Crippen LogP contribution is -2.18. The molecule has 1 heterocycles. The number of sulfonamides is 1. The highest BCUT2D eigenvalue weighted by Crippen LogP contribution is 2.29. The van der Waals surface area contributed by atoms with Gasteiger partial charge in [0.2, 0.25) is 0 Å². The number of aromatic nitrogens is 2. The molecule has 0 aliphatic carbocycles. The number of para-hydroxylation sites is 1. The number of rotatable bonds is 5. The van der Waals surface area contributed by atoms with E-state index >= 15 is 0 Å². The van der Waals surface area contributed by atoms with Crippen LogP contribution in [0.5, 0.6) is 0 Å².